The second kappa shape index (κ2) is 7.28. The lowest BCUT2D eigenvalue weighted by Gasteiger charge is -2.30. The third-order valence-electron chi connectivity index (χ3n) is 4.04. The molecule has 0 aliphatic heterocycles. The fourth-order valence-electron chi connectivity index (χ4n) is 2.58. The summed E-state index contributed by atoms with van der Waals surface area (Å²) in [5, 5.41) is 12.1. The zero-order chi connectivity index (χ0) is 16.0. The quantitative estimate of drug-likeness (QED) is 0.719. The Morgan fingerprint density at radius 2 is 2.05 bits per heavy atom. The maximum absolute atomic E-state index is 12.2. The van der Waals surface area contributed by atoms with Crippen LogP contribution in [0.25, 0.3) is 0 Å². The molecule has 120 valence electrons. The van der Waals surface area contributed by atoms with E-state index < -0.39 is 29.4 Å². The van der Waals surface area contributed by atoms with Gasteiger partial charge in [0.05, 0.1) is 12.0 Å². The molecule has 0 radical (unpaired) electrons. The molecule has 7 nitrogen and oxygen atoms in total. The van der Waals surface area contributed by atoms with Gasteiger partial charge in [0.15, 0.2) is 0 Å². The van der Waals surface area contributed by atoms with Gasteiger partial charge in [-0.05, 0) is 33.6 Å². The highest BCUT2D eigenvalue weighted by molar-refractivity contribution is 5.82. The largest absolute Gasteiger partial charge is 0.481 e. The van der Waals surface area contributed by atoms with Crippen molar-refractivity contribution in [2.75, 3.05) is 19.7 Å². The number of nitrogens with one attached hydrogen (secondary N) is 1. The number of urea groups is 1. The number of amides is 2. The van der Waals surface area contributed by atoms with E-state index in [9.17, 15) is 19.5 Å². The highest BCUT2D eigenvalue weighted by atomic mass is 16.5. The first-order chi connectivity index (χ1) is 9.85. The highest BCUT2D eigenvalue weighted by Crippen LogP contribution is 2.38. The van der Waals surface area contributed by atoms with E-state index in [-0.39, 0.29) is 13.2 Å². The van der Waals surface area contributed by atoms with Crippen LogP contribution >= 0.6 is 0 Å². The van der Waals surface area contributed by atoms with E-state index in [2.05, 4.69) is 5.32 Å². The average molecular weight is 300 g/mol. The van der Waals surface area contributed by atoms with E-state index in [1.54, 1.807) is 20.8 Å². The van der Waals surface area contributed by atoms with Gasteiger partial charge in [-0.15, -0.1) is 0 Å². The molecule has 21 heavy (non-hydrogen) atoms. The molecule has 0 bridgehead atoms. The second-order valence-electron chi connectivity index (χ2n) is 5.44. The molecule has 2 unspecified atom stereocenters. The lowest BCUT2D eigenvalue weighted by molar-refractivity contribution is -0.149. The van der Waals surface area contributed by atoms with Crippen molar-refractivity contribution < 1.29 is 24.2 Å². The normalized spacial score (nSPS) is 24.4. The van der Waals surface area contributed by atoms with Gasteiger partial charge >= 0.3 is 18.0 Å². The molecule has 0 heterocycles. The van der Waals surface area contributed by atoms with Crippen LogP contribution in [0.3, 0.4) is 0 Å². The zero-order valence-corrected chi connectivity index (χ0v) is 12.8. The van der Waals surface area contributed by atoms with Crippen LogP contribution in [0.1, 0.15) is 40.0 Å². The number of likely N-dealkylation sites (N-methyl/N-ethyl adjacent to an activating group) is 1. The van der Waals surface area contributed by atoms with Gasteiger partial charge in [0, 0.05) is 12.6 Å². The summed E-state index contributed by atoms with van der Waals surface area (Å²) >= 11 is 0. The first-order valence-corrected chi connectivity index (χ1v) is 7.29. The van der Waals surface area contributed by atoms with Gasteiger partial charge < -0.3 is 20.1 Å². The third kappa shape index (κ3) is 4.09. The number of esters is 1. The monoisotopic (exact) mass is 300 g/mol. The van der Waals surface area contributed by atoms with Crippen LogP contribution in [0.2, 0.25) is 0 Å². The number of aliphatic carboxylic acids is 1. The molecule has 1 aliphatic carbocycles. The van der Waals surface area contributed by atoms with Crippen molar-refractivity contribution in [1.29, 1.82) is 0 Å². The Labute approximate surface area is 124 Å². The molecule has 0 saturated heterocycles. The van der Waals surface area contributed by atoms with Gasteiger partial charge in [-0.25, -0.2) is 4.79 Å². The lowest BCUT2D eigenvalue weighted by Crippen LogP contribution is -2.52. The van der Waals surface area contributed by atoms with E-state index in [1.807, 2.05) is 0 Å². The summed E-state index contributed by atoms with van der Waals surface area (Å²) in [5.41, 5.74) is -0.945. The standard InChI is InChI=1S/C14H24N2O5/c1-4-16(9-11(17)21-5-2)13(20)15-10-7-6-8-14(10,3)12(18)19/h10H,4-9H2,1-3H3,(H,15,20)(H,18,19). The predicted octanol–water partition coefficient (Wildman–Crippen LogP) is 1.22. The Bertz CT molecular complexity index is 412. The van der Waals surface area contributed by atoms with E-state index in [0.29, 0.717) is 19.4 Å². The van der Waals surface area contributed by atoms with Crippen molar-refractivity contribution in [1.82, 2.24) is 10.2 Å². The number of carboxylic acid groups (broad SMARTS) is 1. The number of carbonyl (C=O) groups excluding carboxylic acids is 2. The molecule has 1 fully saturated rings. The first-order valence-electron chi connectivity index (χ1n) is 7.29. The maximum atomic E-state index is 12.2. The van der Waals surface area contributed by atoms with Crippen LogP contribution in [-0.4, -0.2) is 53.7 Å². The third-order valence-corrected chi connectivity index (χ3v) is 4.04. The summed E-state index contributed by atoms with van der Waals surface area (Å²) in [6, 6.07) is -0.844. The number of nitrogens with zero attached hydrogens (tertiary/aromatic N) is 1. The molecule has 1 saturated carbocycles. The van der Waals surface area contributed by atoms with Crippen molar-refractivity contribution in [3.8, 4) is 0 Å². The van der Waals surface area contributed by atoms with E-state index in [0.717, 1.165) is 6.42 Å². The Balaban J connectivity index is 2.65. The molecule has 0 spiro atoms. The van der Waals surface area contributed by atoms with E-state index in [1.165, 1.54) is 4.90 Å². The van der Waals surface area contributed by atoms with E-state index >= 15 is 0 Å². The topological polar surface area (TPSA) is 95.9 Å². The van der Waals surface area contributed by atoms with Crippen molar-refractivity contribution in [3.05, 3.63) is 0 Å². The molecule has 0 aromatic rings. The van der Waals surface area contributed by atoms with Gasteiger partial charge in [0.2, 0.25) is 0 Å². The second-order valence-corrected chi connectivity index (χ2v) is 5.44. The Morgan fingerprint density at radius 3 is 2.57 bits per heavy atom. The minimum absolute atomic E-state index is 0.132. The number of hydrogen-bond donors (Lipinski definition) is 2. The molecular formula is C14H24N2O5. The van der Waals surface area contributed by atoms with Crippen LogP contribution in [0.5, 0.6) is 0 Å². The molecule has 1 aliphatic rings. The fourth-order valence-corrected chi connectivity index (χ4v) is 2.58. The maximum Gasteiger partial charge on any atom is 0.325 e. The van der Waals surface area contributed by atoms with Crippen molar-refractivity contribution in [3.63, 3.8) is 0 Å². The van der Waals surface area contributed by atoms with Gasteiger partial charge in [0.1, 0.15) is 6.54 Å². The molecule has 2 atom stereocenters. The molecule has 0 aromatic heterocycles. The molecule has 2 amide bonds. The van der Waals surface area contributed by atoms with Gasteiger partial charge in [-0.1, -0.05) is 6.42 Å². The van der Waals surface area contributed by atoms with Crippen LogP contribution in [0.15, 0.2) is 0 Å². The molecule has 0 aromatic carbocycles. The number of carboxylic acids is 1. The lowest BCUT2D eigenvalue weighted by atomic mass is 9.85. The summed E-state index contributed by atoms with van der Waals surface area (Å²) in [4.78, 5) is 36.3. The number of rotatable bonds is 6. The Hall–Kier alpha value is -1.79. The molecular weight excluding hydrogens is 276 g/mol. The average Bonchev–Trinajstić information content (AvgIpc) is 2.79. The van der Waals surface area contributed by atoms with Crippen molar-refractivity contribution in [2.45, 2.75) is 46.1 Å². The van der Waals surface area contributed by atoms with Gasteiger partial charge in [-0.2, -0.15) is 0 Å². The summed E-state index contributed by atoms with van der Waals surface area (Å²) in [6.07, 6.45) is 1.93. The van der Waals surface area contributed by atoms with Gasteiger partial charge in [-0.3, -0.25) is 9.59 Å². The summed E-state index contributed by atoms with van der Waals surface area (Å²) in [5.74, 6) is -1.37. The summed E-state index contributed by atoms with van der Waals surface area (Å²) in [7, 11) is 0. The number of carbonyl (C=O) groups is 3. The zero-order valence-electron chi connectivity index (χ0n) is 12.8. The van der Waals surface area contributed by atoms with Crippen LogP contribution < -0.4 is 5.32 Å². The van der Waals surface area contributed by atoms with Crippen LogP contribution in [-0.2, 0) is 14.3 Å². The van der Waals surface area contributed by atoms with E-state index in [4.69, 9.17) is 4.74 Å². The SMILES string of the molecule is CCOC(=O)CN(CC)C(=O)NC1CCCC1(C)C(=O)O. The molecule has 7 heteroatoms. The highest BCUT2D eigenvalue weighted by Gasteiger charge is 2.46. The molecule has 1 rings (SSSR count). The summed E-state index contributed by atoms with van der Waals surface area (Å²) < 4.78 is 4.82. The van der Waals surface area contributed by atoms with Crippen molar-refractivity contribution >= 4 is 18.0 Å². The molecule has 2 N–H and O–H groups in total. The first kappa shape index (κ1) is 17.3. The van der Waals surface area contributed by atoms with Crippen LogP contribution in [0, 0.1) is 5.41 Å². The Kier molecular flexibility index (Phi) is 5.99. The van der Waals surface area contributed by atoms with Gasteiger partial charge in [0.25, 0.3) is 0 Å². The minimum Gasteiger partial charge on any atom is -0.481 e. The van der Waals surface area contributed by atoms with Crippen molar-refractivity contribution in [2.24, 2.45) is 5.41 Å². The predicted molar refractivity (Wildman–Crippen MR) is 75.8 cm³/mol. The summed E-state index contributed by atoms with van der Waals surface area (Å²) in [6.45, 7) is 5.58. The minimum atomic E-state index is -0.945. The number of hydrogen-bond acceptors (Lipinski definition) is 4. The van der Waals surface area contributed by atoms with Crippen LogP contribution in [0.4, 0.5) is 4.79 Å². The Morgan fingerprint density at radius 1 is 1.38 bits per heavy atom. The fraction of sp³-hybridized carbons (Fsp3) is 0.786. The smallest absolute Gasteiger partial charge is 0.325 e. The number of ether oxygens (including phenoxy) is 1.